The molecule has 0 bridgehead atoms. The van der Waals surface area contributed by atoms with Crippen molar-refractivity contribution in [1.82, 2.24) is 0 Å². The average Bonchev–Trinajstić information content (AvgIpc) is 3.23. The number of Topliss-reactive ketones (excluding diaryl/α,β-unsaturated/α-hetero) is 1. The van der Waals surface area contributed by atoms with E-state index in [1.165, 1.54) is 36.6 Å². The molecular weight excluding hydrogens is 372 g/mol. The van der Waals surface area contributed by atoms with Crippen molar-refractivity contribution in [2.24, 2.45) is 0 Å². The van der Waals surface area contributed by atoms with Gasteiger partial charge in [0.2, 0.25) is 0 Å². The van der Waals surface area contributed by atoms with Gasteiger partial charge in [-0.3, -0.25) is 9.59 Å². The topological polar surface area (TPSA) is 85.6 Å². The van der Waals surface area contributed by atoms with E-state index in [1.54, 1.807) is 6.07 Å². The molecule has 0 unspecified atom stereocenters. The molecule has 6 nitrogen and oxygen atoms in total. The normalized spacial score (nSPS) is 10.4. The lowest BCUT2D eigenvalue weighted by Gasteiger charge is -2.07. The number of halogens is 2. The summed E-state index contributed by atoms with van der Waals surface area (Å²) in [6.07, 6.45) is 1.37. The van der Waals surface area contributed by atoms with Crippen LogP contribution in [0.4, 0.5) is 14.5 Å². The summed E-state index contributed by atoms with van der Waals surface area (Å²) < 4.78 is 35.9. The predicted octanol–water partition coefficient (Wildman–Crippen LogP) is 3.85. The summed E-state index contributed by atoms with van der Waals surface area (Å²) in [7, 11) is 0. The molecular formula is C20H13F2NO5. The first-order chi connectivity index (χ1) is 13.4. The number of hydrogen-bond acceptors (Lipinski definition) is 5. The van der Waals surface area contributed by atoms with Gasteiger partial charge in [0.1, 0.15) is 0 Å². The molecule has 0 spiro atoms. The third kappa shape index (κ3) is 4.47. The van der Waals surface area contributed by atoms with Gasteiger partial charge in [0.25, 0.3) is 5.91 Å². The van der Waals surface area contributed by atoms with Gasteiger partial charge >= 0.3 is 5.97 Å². The van der Waals surface area contributed by atoms with Crippen LogP contribution in [0.15, 0.2) is 65.3 Å². The van der Waals surface area contributed by atoms with Crippen molar-refractivity contribution in [3.8, 4) is 0 Å². The molecule has 0 saturated heterocycles. The molecule has 8 heteroatoms. The van der Waals surface area contributed by atoms with Crippen LogP contribution < -0.4 is 5.32 Å². The van der Waals surface area contributed by atoms with Gasteiger partial charge in [-0.25, -0.2) is 13.6 Å². The standard InChI is InChI=1S/C20H13F2NO5/c21-15-8-5-13(10-16(15)22)17(24)11-28-20(26)12-3-6-14(7-4-12)23-19(25)18-2-1-9-27-18/h1-10H,11H2,(H,23,25). The molecule has 1 aromatic heterocycles. The van der Waals surface area contributed by atoms with Gasteiger partial charge in [0, 0.05) is 11.3 Å². The van der Waals surface area contributed by atoms with Crippen LogP contribution in [0.1, 0.15) is 31.3 Å². The highest BCUT2D eigenvalue weighted by Gasteiger charge is 2.14. The molecule has 0 aliphatic carbocycles. The van der Waals surface area contributed by atoms with Crippen LogP contribution in [0.5, 0.6) is 0 Å². The fourth-order valence-electron chi connectivity index (χ4n) is 2.26. The Bertz CT molecular complexity index is 1010. The summed E-state index contributed by atoms with van der Waals surface area (Å²) in [5.74, 6) is -4.00. The maximum Gasteiger partial charge on any atom is 0.338 e. The van der Waals surface area contributed by atoms with Crippen molar-refractivity contribution in [3.05, 3.63) is 89.4 Å². The smallest absolute Gasteiger partial charge is 0.338 e. The van der Waals surface area contributed by atoms with E-state index in [0.29, 0.717) is 5.69 Å². The van der Waals surface area contributed by atoms with Crippen LogP contribution in [0.25, 0.3) is 0 Å². The quantitative estimate of drug-likeness (QED) is 0.515. The molecule has 0 atom stereocenters. The van der Waals surface area contributed by atoms with Crippen molar-refractivity contribution < 1.29 is 32.3 Å². The molecule has 3 aromatic rings. The number of anilines is 1. The summed E-state index contributed by atoms with van der Waals surface area (Å²) >= 11 is 0. The minimum atomic E-state index is -1.16. The first-order valence-corrected chi connectivity index (χ1v) is 8.04. The highest BCUT2D eigenvalue weighted by molar-refractivity contribution is 6.02. The van der Waals surface area contributed by atoms with Crippen LogP contribution in [-0.2, 0) is 4.74 Å². The number of amides is 1. The second kappa shape index (κ2) is 8.26. The van der Waals surface area contributed by atoms with Gasteiger partial charge in [0.05, 0.1) is 11.8 Å². The Balaban J connectivity index is 1.56. The molecule has 1 N–H and O–H groups in total. The summed E-state index contributed by atoms with van der Waals surface area (Å²) in [6, 6.07) is 11.5. The minimum Gasteiger partial charge on any atom is -0.459 e. The van der Waals surface area contributed by atoms with E-state index in [1.807, 2.05) is 0 Å². The second-order valence-corrected chi connectivity index (χ2v) is 5.64. The number of benzene rings is 2. The lowest BCUT2D eigenvalue weighted by molar-refractivity contribution is 0.0474. The molecule has 1 amide bonds. The van der Waals surface area contributed by atoms with E-state index in [2.05, 4.69) is 5.32 Å². The lowest BCUT2D eigenvalue weighted by atomic mass is 10.1. The summed E-state index contributed by atoms with van der Waals surface area (Å²) in [5.41, 5.74) is 0.465. The van der Waals surface area contributed by atoms with E-state index in [-0.39, 0.29) is 16.9 Å². The first kappa shape index (κ1) is 19.0. The Hall–Kier alpha value is -3.81. The van der Waals surface area contributed by atoms with E-state index < -0.39 is 35.9 Å². The van der Waals surface area contributed by atoms with E-state index in [0.717, 1.165) is 18.2 Å². The monoisotopic (exact) mass is 385 g/mol. The molecule has 28 heavy (non-hydrogen) atoms. The van der Waals surface area contributed by atoms with Crippen LogP contribution in [0, 0.1) is 11.6 Å². The third-order valence-electron chi connectivity index (χ3n) is 3.70. The van der Waals surface area contributed by atoms with Crippen molar-refractivity contribution in [2.45, 2.75) is 0 Å². The predicted molar refractivity (Wildman–Crippen MR) is 94.1 cm³/mol. The van der Waals surface area contributed by atoms with Crippen LogP contribution in [0.2, 0.25) is 0 Å². The minimum absolute atomic E-state index is 0.109. The lowest BCUT2D eigenvalue weighted by Crippen LogP contribution is -2.15. The highest BCUT2D eigenvalue weighted by Crippen LogP contribution is 2.13. The van der Waals surface area contributed by atoms with Gasteiger partial charge in [-0.05, 0) is 54.6 Å². The summed E-state index contributed by atoms with van der Waals surface area (Å²) in [5, 5.41) is 2.59. The zero-order valence-electron chi connectivity index (χ0n) is 14.3. The Morgan fingerprint density at radius 1 is 0.929 bits per heavy atom. The van der Waals surface area contributed by atoms with Crippen LogP contribution >= 0.6 is 0 Å². The second-order valence-electron chi connectivity index (χ2n) is 5.64. The van der Waals surface area contributed by atoms with Crippen LogP contribution in [0.3, 0.4) is 0 Å². The zero-order chi connectivity index (χ0) is 20.1. The molecule has 0 radical (unpaired) electrons. The van der Waals surface area contributed by atoms with Crippen molar-refractivity contribution >= 4 is 23.3 Å². The van der Waals surface area contributed by atoms with Crippen molar-refractivity contribution in [1.29, 1.82) is 0 Å². The van der Waals surface area contributed by atoms with E-state index >= 15 is 0 Å². The number of nitrogens with one attached hydrogen (secondary N) is 1. The number of carbonyl (C=O) groups excluding carboxylic acids is 3. The Kier molecular flexibility index (Phi) is 5.59. The SMILES string of the molecule is O=C(COC(=O)c1ccc(NC(=O)c2ccco2)cc1)c1ccc(F)c(F)c1. The van der Waals surface area contributed by atoms with Gasteiger partial charge in [0.15, 0.2) is 29.8 Å². The molecule has 3 rings (SSSR count). The highest BCUT2D eigenvalue weighted by atomic mass is 19.2. The van der Waals surface area contributed by atoms with Gasteiger partial charge < -0.3 is 14.5 Å². The Morgan fingerprint density at radius 2 is 1.64 bits per heavy atom. The Morgan fingerprint density at radius 3 is 2.29 bits per heavy atom. The molecule has 0 aliphatic rings. The molecule has 0 fully saturated rings. The van der Waals surface area contributed by atoms with Crippen molar-refractivity contribution in [3.63, 3.8) is 0 Å². The average molecular weight is 385 g/mol. The maximum atomic E-state index is 13.2. The van der Waals surface area contributed by atoms with E-state index in [4.69, 9.17) is 9.15 Å². The number of ketones is 1. The number of rotatable bonds is 6. The third-order valence-corrected chi connectivity index (χ3v) is 3.70. The molecule has 0 saturated carbocycles. The number of hydrogen-bond donors (Lipinski definition) is 1. The Labute approximate surface area is 157 Å². The zero-order valence-corrected chi connectivity index (χ0v) is 14.3. The van der Waals surface area contributed by atoms with Crippen LogP contribution in [-0.4, -0.2) is 24.3 Å². The molecule has 0 aliphatic heterocycles. The van der Waals surface area contributed by atoms with E-state index in [9.17, 15) is 23.2 Å². The molecule has 2 aromatic carbocycles. The number of esters is 1. The van der Waals surface area contributed by atoms with Gasteiger partial charge in [-0.1, -0.05) is 0 Å². The first-order valence-electron chi connectivity index (χ1n) is 8.04. The molecule has 1 heterocycles. The maximum absolute atomic E-state index is 13.2. The fraction of sp³-hybridized carbons (Fsp3) is 0.0500. The molecule has 142 valence electrons. The number of furan rings is 1. The van der Waals surface area contributed by atoms with Gasteiger partial charge in [-0.15, -0.1) is 0 Å². The summed E-state index contributed by atoms with van der Waals surface area (Å²) in [6.45, 7) is -0.624. The fourth-order valence-corrected chi connectivity index (χ4v) is 2.26. The largest absolute Gasteiger partial charge is 0.459 e. The number of carbonyl (C=O) groups is 3. The summed E-state index contributed by atoms with van der Waals surface area (Å²) in [4.78, 5) is 35.8. The van der Waals surface area contributed by atoms with Gasteiger partial charge in [-0.2, -0.15) is 0 Å². The number of ether oxygens (including phenoxy) is 1. The van der Waals surface area contributed by atoms with Crippen molar-refractivity contribution in [2.75, 3.05) is 11.9 Å².